The number of nitriles is 1. The molecular formula is C22H18F3N3O3. The molecule has 9 heteroatoms. The summed E-state index contributed by atoms with van der Waals surface area (Å²) in [6.45, 7) is 2.12. The smallest absolute Gasteiger partial charge is 0.429 e. The first-order valence-corrected chi connectivity index (χ1v) is 9.22. The van der Waals surface area contributed by atoms with Crippen molar-refractivity contribution >= 4 is 5.97 Å². The summed E-state index contributed by atoms with van der Waals surface area (Å²) in [5.74, 6) is -1.14. The largest absolute Gasteiger partial charge is 0.481 e. The lowest BCUT2D eigenvalue weighted by molar-refractivity contribution is -0.225. The summed E-state index contributed by atoms with van der Waals surface area (Å²) < 4.78 is 52.8. The summed E-state index contributed by atoms with van der Waals surface area (Å²) >= 11 is 0. The standard InChI is InChI=1S/C22H18F3N3O3/c1-14-20(15(2)28(27-14)17-9-4-3-5-10-17)21(22(23,24)25)31-19(29)13-30-18-11-7-6-8-16(18)12-26/h3-11,21H,13H2,1-2H3/t21-/m0/s1. The average molecular weight is 429 g/mol. The molecule has 6 nitrogen and oxygen atoms in total. The van der Waals surface area contributed by atoms with Crippen LogP contribution in [0.15, 0.2) is 54.6 Å². The van der Waals surface area contributed by atoms with Gasteiger partial charge in [-0.3, -0.25) is 0 Å². The molecule has 1 aromatic heterocycles. The van der Waals surface area contributed by atoms with Crippen LogP contribution in [0.2, 0.25) is 0 Å². The van der Waals surface area contributed by atoms with Crippen LogP contribution in [0.3, 0.4) is 0 Å². The fourth-order valence-electron chi connectivity index (χ4n) is 3.13. The van der Waals surface area contributed by atoms with Crippen LogP contribution in [-0.4, -0.2) is 28.5 Å². The predicted molar refractivity (Wildman–Crippen MR) is 105 cm³/mol. The normalized spacial score (nSPS) is 12.1. The topological polar surface area (TPSA) is 77.1 Å². The van der Waals surface area contributed by atoms with E-state index >= 15 is 0 Å². The van der Waals surface area contributed by atoms with Gasteiger partial charge in [-0.2, -0.15) is 23.5 Å². The molecule has 3 rings (SSSR count). The zero-order chi connectivity index (χ0) is 22.6. The van der Waals surface area contributed by atoms with E-state index < -0.39 is 24.9 Å². The van der Waals surface area contributed by atoms with E-state index in [0.29, 0.717) is 5.69 Å². The number of alkyl halides is 3. The highest BCUT2D eigenvalue weighted by Gasteiger charge is 2.47. The number of carbonyl (C=O) groups excluding carboxylic acids is 1. The molecule has 1 heterocycles. The fraction of sp³-hybridized carbons (Fsp3) is 0.227. The van der Waals surface area contributed by atoms with Gasteiger partial charge >= 0.3 is 12.1 Å². The highest BCUT2D eigenvalue weighted by molar-refractivity contribution is 5.71. The maximum atomic E-state index is 13.8. The Kier molecular flexibility index (Phi) is 6.30. The SMILES string of the molecule is Cc1nn(-c2ccccc2)c(C)c1[C@H](OC(=O)COc1ccccc1C#N)C(F)(F)F. The van der Waals surface area contributed by atoms with Crippen molar-refractivity contribution < 1.29 is 27.4 Å². The molecule has 0 bridgehead atoms. The van der Waals surface area contributed by atoms with E-state index in [4.69, 9.17) is 14.7 Å². The minimum Gasteiger partial charge on any atom is -0.481 e. The Bertz CT molecular complexity index is 1120. The summed E-state index contributed by atoms with van der Waals surface area (Å²) in [5, 5.41) is 13.2. The Hall–Kier alpha value is -3.80. The number of para-hydroxylation sites is 2. The van der Waals surface area contributed by atoms with Crippen LogP contribution in [0.5, 0.6) is 5.75 Å². The maximum Gasteiger partial charge on any atom is 0.429 e. The maximum absolute atomic E-state index is 13.8. The molecule has 2 aromatic carbocycles. The first kappa shape index (κ1) is 21.9. The molecule has 0 radical (unpaired) electrons. The van der Waals surface area contributed by atoms with Crippen LogP contribution in [0.1, 0.15) is 28.6 Å². The third-order valence-corrected chi connectivity index (χ3v) is 4.51. The van der Waals surface area contributed by atoms with Gasteiger partial charge in [0.05, 0.1) is 16.9 Å². The lowest BCUT2D eigenvalue weighted by atomic mass is 10.1. The van der Waals surface area contributed by atoms with Crippen molar-refractivity contribution in [3.63, 3.8) is 0 Å². The molecule has 0 saturated heterocycles. The van der Waals surface area contributed by atoms with Crippen LogP contribution in [0, 0.1) is 25.2 Å². The Labute approximate surface area is 176 Å². The molecule has 1 atom stereocenters. The number of benzene rings is 2. The number of nitrogens with zero attached hydrogens (tertiary/aromatic N) is 3. The van der Waals surface area contributed by atoms with Gasteiger partial charge < -0.3 is 9.47 Å². The summed E-state index contributed by atoms with van der Waals surface area (Å²) in [6.07, 6.45) is -7.37. The number of halogens is 3. The first-order chi connectivity index (χ1) is 14.7. The molecule has 3 aromatic rings. The zero-order valence-corrected chi connectivity index (χ0v) is 16.7. The van der Waals surface area contributed by atoms with Crippen LogP contribution in [-0.2, 0) is 9.53 Å². The molecular weight excluding hydrogens is 411 g/mol. The molecule has 0 N–H and O–H groups in total. The molecule has 0 spiro atoms. The second-order valence-corrected chi connectivity index (χ2v) is 6.64. The van der Waals surface area contributed by atoms with Gasteiger partial charge in [0.2, 0.25) is 6.10 Å². The van der Waals surface area contributed by atoms with E-state index in [1.165, 1.54) is 30.7 Å². The van der Waals surface area contributed by atoms with E-state index in [-0.39, 0.29) is 28.3 Å². The summed E-state index contributed by atoms with van der Waals surface area (Å²) in [6, 6.07) is 16.6. The van der Waals surface area contributed by atoms with E-state index in [2.05, 4.69) is 5.10 Å². The molecule has 0 aliphatic heterocycles. The Morgan fingerprint density at radius 3 is 2.42 bits per heavy atom. The zero-order valence-electron chi connectivity index (χ0n) is 16.7. The third kappa shape index (κ3) is 4.86. The highest BCUT2D eigenvalue weighted by atomic mass is 19.4. The minimum atomic E-state index is -4.86. The molecule has 0 saturated carbocycles. The van der Waals surface area contributed by atoms with Gasteiger partial charge in [0.15, 0.2) is 6.61 Å². The summed E-state index contributed by atoms with van der Waals surface area (Å²) in [5.41, 5.74) is 0.792. The number of hydrogen-bond acceptors (Lipinski definition) is 5. The average Bonchev–Trinajstić information content (AvgIpc) is 3.04. The predicted octanol–water partition coefficient (Wildman–Crippen LogP) is 4.59. The van der Waals surface area contributed by atoms with Gasteiger partial charge in [-0.15, -0.1) is 0 Å². The molecule has 0 aliphatic rings. The summed E-state index contributed by atoms with van der Waals surface area (Å²) in [7, 11) is 0. The molecule has 31 heavy (non-hydrogen) atoms. The Morgan fingerprint density at radius 2 is 1.77 bits per heavy atom. The molecule has 0 aliphatic carbocycles. The molecule has 160 valence electrons. The fourth-order valence-corrected chi connectivity index (χ4v) is 3.13. The van der Waals surface area contributed by atoms with Crippen LogP contribution in [0.25, 0.3) is 5.69 Å². The van der Waals surface area contributed by atoms with Crippen LogP contribution in [0.4, 0.5) is 13.2 Å². The van der Waals surface area contributed by atoms with Crippen molar-refractivity contribution in [2.75, 3.05) is 6.61 Å². The van der Waals surface area contributed by atoms with Crippen molar-refractivity contribution in [1.82, 2.24) is 9.78 Å². The number of aryl methyl sites for hydroxylation is 1. The van der Waals surface area contributed by atoms with Crippen LogP contribution < -0.4 is 4.74 Å². The summed E-state index contributed by atoms with van der Waals surface area (Å²) in [4.78, 5) is 12.2. The lowest BCUT2D eigenvalue weighted by Gasteiger charge is -2.21. The molecule has 0 fully saturated rings. The van der Waals surface area contributed by atoms with Crippen LogP contribution >= 0.6 is 0 Å². The number of esters is 1. The van der Waals surface area contributed by atoms with Crippen molar-refractivity contribution in [2.24, 2.45) is 0 Å². The number of hydrogen-bond donors (Lipinski definition) is 0. The van der Waals surface area contributed by atoms with Gasteiger partial charge in [-0.1, -0.05) is 30.3 Å². The first-order valence-electron chi connectivity index (χ1n) is 9.22. The van der Waals surface area contributed by atoms with Crippen molar-refractivity contribution in [2.45, 2.75) is 26.1 Å². The van der Waals surface area contributed by atoms with Gasteiger partial charge in [-0.25, -0.2) is 9.48 Å². The lowest BCUT2D eigenvalue weighted by Crippen LogP contribution is -2.29. The Morgan fingerprint density at radius 1 is 1.13 bits per heavy atom. The van der Waals surface area contributed by atoms with E-state index in [0.717, 1.165) is 0 Å². The number of aromatic nitrogens is 2. The van der Waals surface area contributed by atoms with E-state index in [1.807, 2.05) is 6.07 Å². The second-order valence-electron chi connectivity index (χ2n) is 6.64. The van der Waals surface area contributed by atoms with Gasteiger partial charge in [0, 0.05) is 11.3 Å². The third-order valence-electron chi connectivity index (χ3n) is 4.51. The van der Waals surface area contributed by atoms with Crippen molar-refractivity contribution in [3.05, 3.63) is 77.1 Å². The van der Waals surface area contributed by atoms with E-state index in [1.54, 1.807) is 42.5 Å². The number of ether oxygens (including phenoxy) is 2. The minimum absolute atomic E-state index is 0.0785. The van der Waals surface area contributed by atoms with E-state index in [9.17, 15) is 18.0 Å². The Balaban J connectivity index is 1.84. The highest BCUT2D eigenvalue weighted by Crippen LogP contribution is 2.39. The molecule has 0 amide bonds. The van der Waals surface area contributed by atoms with Gasteiger partial charge in [0.1, 0.15) is 11.8 Å². The monoisotopic (exact) mass is 429 g/mol. The number of carbonyl (C=O) groups is 1. The molecule has 0 unspecified atom stereocenters. The second kappa shape index (κ2) is 8.92. The quantitative estimate of drug-likeness (QED) is 0.536. The van der Waals surface area contributed by atoms with Gasteiger partial charge in [0.25, 0.3) is 0 Å². The van der Waals surface area contributed by atoms with Crippen molar-refractivity contribution in [1.29, 1.82) is 5.26 Å². The van der Waals surface area contributed by atoms with Gasteiger partial charge in [-0.05, 0) is 38.1 Å². The van der Waals surface area contributed by atoms with Crippen molar-refractivity contribution in [3.8, 4) is 17.5 Å². The number of rotatable bonds is 6.